The molecule has 5 N–H and O–H groups in total. The van der Waals surface area contributed by atoms with E-state index >= 15 is 0 Å². The fraction of sp³-hybridized carbons (Fsp3) is 0.656. The zero-order valence-electron chi connectivity index (χ0n) is 29.6. The molecule has 10 atom stereocenters. The molecule has 5 rings (SSSR count). The lowest BCUT2D eigenvalue weighted by Gasteiger charge is -2.40. The van der Waals surface area contributed by atoms with E-state index in [9.17, 15) is 24.6 Å². The highest BCUT2D eigenvalue weighted by atomic mass is 32.2. The summed E-state index contributed by atoms with van der Waals surface area (Å²) < 4.78 is 28.6. The molecule has 4 heterocycles. The van der Waals surface area contributed by atoms with Crippen molar-refractivity contribution in [1.29, 1.82) is 0 Å². The number of thioether (sulfide) groups is 2. The first-order valence-corrected chi connectivity index (χ1v) is 17.8. The van der Waals surface area contributed by atoms with Crippen LogP contribution < -0.4 is 20.7 Å². The van der Waals surface area contributed by atoms with Gasteiger partial charge in [0.2, 0.25) is 5.91 Å². The van der Waals surface area contributed by atoms with Gasteiger partial charge in [-0.3, -0.25) is 24.5 Å². The number of carbonyl (C=O) groups is 3. The summed E-state index contributed by atoms with van der Waals surface area (Å²) >= 11 is 2.59. The van der Waals surface area contributed by atoms with Crippen LogP contribution in [0.2, 0.25) is 0 Å². The number of ether oxygens (including phenoxy) is 5. The Morgan fingerprint density at radius 1 is 1.02 bits per heavy atom. The molecule has 0 aromatic heterocycles. The average Bonchev–Trinajstić information content (AvgIpc) is 3.72. The predicted octanol–water partition coefficient (Wildman–Crippen LogP) is 0.896. The van der Waals surface area contributed by atoms with Crippen LogP contribution in [0.5, 0.6) is 5.75 Å². The molecule has 1 aromatic carbocycles. The molecule has 0 spiro atoms. The van der Waals surface area contributed by atoms with Crippen molar-refractivity contribution in [3.05, 3.63) is 29.8 Å². The molecular weight excluding hydrogens is 693 g/mol. The zero-order valence-corrected chi connectivity index (χ0v) is 31.2. The van der Waals surface area contributed by atoms with Crippen LogP contribution in [-0.2, 0) is 35.1 Å². The van der Waals surface area contributed by atoms with Crippen LogP contribution in [0, 0.1) is 5.92 Å². The number of nitrogens with zero attached hydrogens (tertiary/aromatic N) is 3. The largest absolute Gasteiger partial charge is 0.497 e. The van der Waals surface area contributed by atoms with Crippen LogP contribution in [0.3, 0.4) is 0 Å². The molecule has 3 saturated heterocycles. The van der Waals surface area contributed by atoms with E-state index in [4.69, 9.17) is 28.7 Å². The van der Waals surface area contributed by atoms with Crippen LogP contribution >= 0.6 is 23.5 Å². The lowest BCUT2D eigenvalue weighted by atomic mass is 9.89. The number of aliphatic hydroxyl groups is 2. The third kappa shape index (κ3) is 9.20. The maximum Gasteiger partial charge on any atom is 0.416 e. The van der Waals surface area contributed by atoms with E-state index in [0.717, 1.165) is 11.3 Å². The summed E-state index contributed by atoms with van der Waals surface area (Å²) in [5.41, 5.74) is -0.525. The molecule has 0 saturated carbocycles. The molecule has 16 nitrogen and oxygen atoms in total. The van der Waals surface area contributed by atoms with Gasteiger partial charge in [-0.1, -0.05) is 42.6 Å². The number of aliphatic imine (C=N–C) groups is 2. The van der Waals surface area contributed by atoms with Crippen LogP contribution in [0.4, 0.5) is 4.79 Å². The van der Waals surface area contributed by atoms with Gasteiger partial charge < -0.3 is 49.8 Å². The Labute approximate surface area is 300 Å². The SMILES string of the molecule is CN=C1N[C@@H]2[C@@H](O)[C@H](O)[C@@H](C(=O)NC)O[C@@H]2S1.CNC(=O)[C@H]1O[C@@H]2SC(N(C)C(=O)OC(C)(C)C)=N[C@@H]2[C@@H](OCc2ccc(OC)cc2)[C@@H]1C. The van der Waals surface area contributed by atoms with Gasteiger partial charge in [0.1, 0.15) is 46.6 Å². The number of amides is 3. The normalized spacial score (nSPS) is 32.3. The van der Waals surface area contributed by atoms with Gasteiger partial charge in [0.15, 0.2) is 16.4 Å². The van der Waals surface area contributed by atoms with Gasteiger partial charge in [-0.2, -0.15) is 0 Å². The van der Waals surface area contributed by atoms with Crippen molar-refractivity contribution >= 4 is 51.8 Å². The van der Waals surface area contributed by atoms with E-state index in [1.807, 2.05) is 52.0 Å². The molecule has 0 unspecified atom stereocenters. The minimum absolute atomic E-state index is 0.214. The fourth-order valence-electron chi connectivity index (χ4n) is 5.54. The van der Waals surface area contributed by atoms with E-state index in [1.54, 1.807) is 28.3 Å². The standard InChI is InChI=1S/C23H33N3O6S.C9H15N3O4S/c1-13-17(30-12-14-8-10-15(29-7)11-9-14)16-20(31-18(13)19(27)24-5)33-21(25-16)26(6)22(28)32-23(2,3)4;1-10-7(15)6-5(14)4(13)3-8(16-6)17-9(11-2)12-3/h8-11,13,16-18,20H,12H2,1-7H3,(H,24,27);3-6,8,13-14H,1-2H3,(H,10,15)(H,11,12)/t13-,16+,17-,18-,20+;3-,4-,5+,6+,8-/m01/s1. The number of likely N-dealkylation sites (N-methyl/N-ethyl adjacent to an activating group) is 2. The summed E-state index contributed by atoms with van der Waals surface area (Å²) in [6.07, 6.45) is -4.94. The second-order valence-corrected chi connectivity index (χ2v) is 15.1. The van der Waals surface area contributed by atoms with Gasteiger partial charge in [0.25, 0.3) is 5.91 Å². The van der Waals surface area contributed by atoms with E-state index in [-0.39, 0.29) is 24.0 Å². The predicted molar refractivity (Wildman–Crippen MR) is 189 cm³/mol. The van der Waals surface area contributed by atoms with Gasteiger partial charge in [-0.15, -0.1) is 0 Å². The number of amidine groups is 2. The minimum Gasteiger partial charge on any atom is -0.497 e. The summed E-state index contributed by atoms with van der Waals surface area (Å²) in [5.74, 6) is -0.143. The third-order valence-corrected chi connectivity index (χ3v) is 10.6. The van der Waals surface area contributed by atoms with Gasteiger partial charge in [-0.25, -0.2) is 4.79 Å². The van der Waals surface area contributed by atoms with Crippen molar-refractivity contribution < 1.29 is 48.3 Å². The average molecular weight is 741 g/mol. The number of rotatable bonds is 6. The molecule has 0 bridgehead atoms. The molecule has 278 valence electrons. The molecule has 0 radical (unpaired) electrons. The monoisotopic (exact) mass is 740 g/mol. The van der Waals surface area contributed by atoms with Gasteiger partial charge in [0.05, 0.1) is 25.9 Å². The summed E-state index contributed by atoms with van der Waals surface area (Å²) in [7, 11) is 7.89. The molecule has 1 aromatic rings. The number of methoxy groups -OCH3 is 1. The van der Waals surface area contributed by atoms with Crippen molar-refractivity contribution in [2.75, 3.05) is 35.3 Å². The number of fused-ring (bicyclic) bond motifs is 2. The Morgan fingerprint density at radius 2 is 1.64 bits per heavy atom. The van der Waals surface area contributed by atoms with Crippen molar-refractivity contribution in [3.8, 4) is 5.75 Å². The zero-order chi connectivity index (χ0) is 36.9. The number of carbonyl (C=O) groups excluding carboxylic acids is 3. The summed E-state index contributed by atoms with van der Waals surface area (Å²) in [5, 5.41) is 28.9. The fourth-order valence-corrected chi connectivity index (χ4v) is 7.78. The first kappa shape index (κ1) is 39.7. The Hall–Kier alpha value is -3.13. The summed E-state index contributed by atoms with van der Waals surface area (Å²) in [6.45, 7) is 7.70. The number of nitrogens with one attached hydrogen (secondary N) is 3. The van der Waals surface area contributed by atoms with Crippen LogP contribution in [0.1, 0.15) is 33.3 Å². The topological polar surface area (TPSA) is 202 Å². The van der Waals surface area contributed by atoms with Crippen molar-refractivity contribution in [2.24, 2.45) is 15.9 Å². The van der Waals surface area contributed by atoms with Crippen molar-refractivity contribution in [2.45, 2.75) is 93.4 Å². The van der Waals surface area contributed by atoms with Crippen molar-refractivity contribution in [1.82, 2.24) is 20.9 Å². The van der Waals surface area contributed by atoms with E-state index in [2.05, 4.69) is 20.9 Å². The molecule has 4 aliphatic rings. The van der Waals surface area contributed by atoms with Crippen LogP contribution in [0.15, 0.2) is 34.3 Å². The summed E-state index contributed by atoms with van der Waals surface area (Å²) in [4.78, 5) is 46.6. The molecule has 0 aliphatic carbocycles. The number of aliphatic hydroxyl groups excluding tert-OH is 2. The third-order valence-electron chi connectivity index (χ3n) is 8.26. The molecule has 3 fully saturated rings. The maximum absolute atomic E-state index is 12.5. The quantitative estimate of drug-likeness (QED) is 0.276. The van der Waals surface area contributed by atoms with Crippen LogP contribution in [0.25, 0.3) is 0 Å². The first-order chi connectivity index (χ1) is 23.6. The smallest absolute Gasteiger partial charge is 0.416 e. The Kier molecular flexibility index (Phi) is 13.4. The van der Waals surface area contributed by atoms with Gasteiger partial charge >= 0.3 is 6.09 Å². The highest BCUT2D eigenvalue weighted by Gasteiger charge is 2.52. The Bertz CT molecular complexity index is 1430. The number of hydrogen-bond donors (Lipinski definition) is 5. The second-order valence-electron chi connectivity index (χ2n) is 12.9. The van der Waals surface area contributed by atoms with E-state index in [1.165, 1.54) is 35.5 Å². The highest BCUT2D eigenvalue weighted by molar-refractivity contribution is 8.14. The highest BCUT2D eigenvalue weighted by Crippen LogP contribution is 2.41. The van der Waals surface area contributed by atoms with E-state index < -0.39 is 58.9 Å². The van der Waals surface area contributed by atoms with E-state index in [0.29, 0.717) is 16.9 Å². The summed E-state index contributed by atoms with van der Waals surface area (Å²) in [6, 6.07) is 6.80. The number of benzene rings is 1. The van der Waals surface area contributed by atoms with Gasteiger partial charge in [-0.05, 0) is 38.5 Å². The lowest BCUT2D eigenvalue weighted by Crippen LogP contribution is -2.62. The second kappa shape index (κ2) is 16.9. The van der Waals surface area contributed by atoms with Gasteiger partial charge in [0, 0.05) is 34.1 Å². The maximum atomic E-state index is 12.5. The Balaban J connectivity index is 0.000000276. The minimum atomic E-state index is -1.25. The molecule has 3 amide bonds. The number of hydrogen-bond acceptors (Lipinski definition) is 14. The molecular formula is C32H48N6O10S2. The first-order valence-electron chi connectivity index (χ1n) is 16.1. The lowest BCUT2D eigenvalue weighted by molar-refractivity contribution is -0.172. The molecule has 50 heavy (non-hydrogen) atoms. The van der Waals surface area contributed by atoms with Crippen LogP contribution in [-0.4, -0.2) is 138 Å². The molecule has 18 heteroatoms. The molecule has 4 aliphatic heterocycles. The Morgan fingerprint density at radius 3 is 2.22 bits per heavy atom. The van der Waals surface area contributed by atoms with Crippen molar-refractivity contribution in [3.63, 3.8) is 0 Å².